The van der Waals surface area contributed by atoms with Gasteiger partial charge >= 0.3 is 0 Å². The van der Waals surface area contributed by atoms with E-state index in [1.165, 1.54) is 63.3 Å². The van der Waals surface area contributed by atoms with Crippen molar-refractivity contribution in [2.45, 2.75) is 56.8 Å². The Hall–Kier alpha value is -5.40. The summed E-state index contributed by atoms with van der Waals surface area (Å²) in [5.74, 6) is 2.05. The topological polar surface area (TPSA) is 3.24 Å². The lowest BCUT2D eigenvalue weighted by Crippen LogP contribution is -2.39. The summed E-state index contributed by atoms with van der Waals surface area (Å²) in [5.41, 5.74) is 18.3. The van der Waals surface area contributed by atoms with E-state index < -0.39 is 0 Å². The van der Waals surface area contributed by atoms with Crippen LogP contribution < -0.4 is 4.90 Å². The molecule has 0 N–H and O–H groups in total. The van der Waals surface area contributed by atoms with E-state index in [1.807, 2.05) is 0 Å². The number of nitrogens with zero attached hydrogens (tertiary/aromatic N) is 1. The second kappa shape index (κ2) is 12.4. The zero-order chi connectivity index (χ0) is 34.8. The fourth-order valence-corrected chi connectivity index (χ4v) is 10.7. The molecule has 0 aliphatic heterocycles. The average Bonchev–Trinajstić information content (AvgIpc) is 3.49. The van der Waals surface area contributed by atoms with Crippen molar-refractivity contribution in [3.8, 4) is 11.1 Å². The van der Waals surface area contributed by atoms with Crippen LogP contribution in [0.1, 0.15) is 79.2 Å². The van der Waals surface area contributed by atoms with Gasteiger partial charge in [0, 0.05) is 34.3 Å². The molecule has 0 heterocycles. The van der Waals surface area contributed by atoms with Crippen LogP contribution in [-0.4, -0.2) is 0 Å². The number of allylic oxidation sites excluding steroid dienone is 9. The monoisotopic (exact) mass is 671 g/mol. The standard InChI is InChI=1S/C51H45N/c1-3-51(4-2)47-32-35(24-23-34-26-29-45-46(31-34)50-43-21-13-11-19-41(43)49(45)42-20-12-14-22-44(42)50)25-28-39(47)40-30-27-38(33-48(40)51)52(36-15-7-5-8-16-36)37-17-9-6-10-18-37/h5-11,13-19,21-33,45-46,49-50H,3-4,12,20H2,1-2H3/b24-23+. The predicted molar refractivity (Wildman–Crippen MR) is 218 cm³/mol. The van der Waals surface area contributed by atoms with Crippen LogP contribution in [0.5, 0.6) is 0 Å². The Morgan fingerprint density at radius 3 is 2.00 bits per heavy atom. The minimum absolute atomic E-state index is 0.0333. The Labute approximate surface area is 309 Å². The van der Waals surface area contributed by atoms with Crippen molar-refractivity contribution in [3.63, 3.8) is 0 Å². The van der Waals surface area contributed by atoms with E-state index in [0.29, 0.717) is 23.7 Å². The third-order valence-corrected chi connectivity index (χ3v) is 13.1. The molecule has 0 amide bonds. The van der Waals surface area contributed by atoms with E-state index in [4.69, 9.17) is 0 Å². The van der Waals surface area contributed by atoms with Crippen molar-refractivity contribution >= 4 is 23.1 Å². The van der Waals surface area contributed by atoms with Gasteiger partial charge in [-0.15, -0.1) is 0 Å². The van der Waals surface area contributed by atoms with Crippen LogP contribution in [0.3, 0.4) is 0 Å². The first-order chi connectivity index (χ1) is 25.7. The minimum Gasteiger partial charge on any atom is -0.310 e. The van der Waals surface area contributed by atoms with Gasteiger partial charge in [-0.2, -0.15) is 0 Å². The normalized spacial score (nSPS) is 22.8. The maximum absolute atomic E-state index is 2.60. The summed E-state index contributed by atoms with van der Waals surface area (Å²) >= 11 is 0. The summed E-state index contributed by atoms with van der Waals surface area (Å²) in [6, 6.07) is 45.2. The molecule has 0 fully saturated rings. The van der Waals surface area contributed by atoms with Gasteiger partial charge in [0.15, 0.2) is 0 Å². The van der Waals surface area contributed by atoms with Gasteiger partial charge in [0.25, 0.3) is 0 Å². The molecular weight excluding hydrogens is 627 g/mol. The lowest BCUT2D eigenvalue weighted by molar-refractivity contribution is 0.320. The van der Waals surface area contributed by atoms with E-state index in [9.17, 15) is 0 Å². The van der Waals surface area contributed by atoms with Gasteiger partial charge in [-0.05, 0) is 124 Å². The first-order valence-electron chi connectivity index (χ1n) is 19.4. The fraction of sp³-hybridized carbons (Fsp3) is 0.216. The second-order valence-electron chi connectivity index (χ2n) is 15.4. The van der Waals surface area contributed by atoms with Crippen molar-refractivity contribution in [1.82, 2.24) is 0 Å². The van der Waals surface area contributed by atoms with E-state index in [-0.39, 0.29) is 5.41 Å². The van der Waals surface area contributed by atoms with Crippen LogP contribution in [0.4, 0.5) is 17.1 Å². The molecule has 5 aromatic carbocycles. The summed E-state index contributed by atoms with van der Waals surface area (Å²) in [6.45, 7) is 4.74. The number of fused-ring (bicyclic) bond motifs is 3. The summed E-state index contributed by atoms with van der Waals surface area (Å²) in [4.78, 5) is 2.39. The molecule has 0 spiro atoms. The van der Waals surface area contributed by atoms with Gasteiger partial charge in [-0.25, -0.2) is 0 Å². The maximum atomic E-state index is 2.60. The van der Waals surface area contributed by atoms with Crippen molar-refractivity contribution in [1.29, 1.82) is 0 Å². The molecule has 254 valence electrons. The summed E-state index contributed by atoms with van der Waals surface area (Å²) < 4.78 is 0. The summed E-state index contributed by atoms with van der Waals surface area (Å²) in [6.07, 6.45) is 21.6. The van der Waals surface area contributed by atoms with E-state index in [1.54, 1.807) is 22.3 Å². The van der Waals surface area contributed by atoms with E-state index in [2.05, 4.69) is 183 Å². The van der Waals surface area contributed by atoms with Gasteiger partial charge in [0.05, 0.1) is 0 Å². The van der Waals surface area contributed by atoms with Gasteiger partial charge in [-0.1, -0.05) is 147 Å². The Morgan fingerprint density at radius 2 is 1.29 bits per heavy atom. The molecule has 52 heavy (non-hydrogen) atoms. The predicted octanol–water partition coefficient (Wildman–Crippen LogP) is 13.5. The first kappa shape index (κ1) is 31.3. The molecule has 1 nitrogen and oxygen atoms in total. The largest absolute Gasteiger partial charge is 0.310 e. The number of hydrogen-bond donors (Lipinski definition) is 0. The molecular formula is C51H45N. The fourth-order valence-electron chi connectivity index (χ4n) is 10.7. The highest BCUT2D eigenvalue weighted by atomic mass is 15.1. The summed E-state index contributed by atoms with van der Waals surface area (Å²) in [7, 11) is 0. The maximum Gasteiger partial charge on any atom is 0.0465 e. The molecule has 4 atom stereocenters. The highest BCUT2D eigenvalue weighted by Gasteiger charge is 2.49. The molecule has 0 saturated carbocycles. The molecule has 11 rings (SSSR count). The van der Waals surface area contributed by atoms with Crippen LogP contribution in [0, 0.1) is 11.8 Å². The summed E-state index contributed by atoms with van der Waals surface area (Å²) in [5, 5.41) is 0. The van der Waals surface area contributed by atoms with E-state index in [0.717, 1.165) is 12.8 Å². The lowest BCUT2D eigenvalue weighted by atomic mass is 9.52. The second-order valence-corrected chi connectivity index (χ2v) is 15.4. The van der Waals surface area contributed by atoms with Crippen LogP contribution in [0.2, 0.25) is 0 Å². The highest BCUT2D eigenvalue weighted by molar-refractivity contribution is 5.86. The van der Waals surface area contributed by atoms with E-state index >= 15 is 0 Å². The number of anilines is 3. The van der Waals surface area contributed by atoms with Crippen molar-refractivity contribution in [2.75, 3.05) is 4.90 Å². The molecule has 6 aliphatic rings. The number of para-hydroxylation sites is 2. The van der Waals surface area contributed by atoms with Crippen LogP contribution >= 0.6 is 0 Å². The third-order valence-electron chi connectivity index (χ3n) is 13.1. The molecule has 1 heteroatoms. The molecule has 6 aliphatic carbocycles. The number of benzene rings is 5. The Kier molecular flexibility index (Phi) is 7.46. The molecule has 0 saturated heterocycles. The van der Waals surface area contributed by atoms with Crippen LogP contribution in [0.25, 0.3) is 17.2 Å². The van der Waals surface area contributed by atoms with Gasteiger partial charge < -0.3 is 4.90 Å². The van der Waals surface area contributed by atoms with Crippen LogP contribution in [0.15, 0.2) is 175 Å². The highest BCUT2D eigenvalue weighted by Crippen LogP contribution is 2.62. The molecule has 4 unspecified atom stereocenters. The lowest BCUT2D eigenvalue weighted by Gasteiger charge is -2.51. The third kappa shape index (κ3) is 4.68. The van der Waals surface area contributed by atoms with Crippen molar-refractivity contribution in [3.05, 3.63) is 202 Å². The number of hydrogen-bond acceptors (Lipinski definition) is 1. The van der Waals surface area contributed by atoms with Crippen molar-refractivity contribution < 1.29 is 0 Å². The Balaban J connectivity index is 0.991. The SMILES string of the molecule is CCC1(CC)c2cc(/C=C/C3=CC4C5C6=C(CCC=C6)C(c6ccccc65)C4C=C3)ccc2-c2ccc(N(c3ccccc3)c3ccccc3)cc21. The first-order valence-corrected chi connectivity index (χ1v) is 19.4. The smallest absolute Gasteiger partial charge is 0.0465 e. The Morgan fingerprint density at radius 1 is 0.635 bits per heavy atom. The average molecular weight is 672 g/mol. The van der Waals surface area contributed by atoms with Gasteiger partial charge in [0.1, 0.15) is 0 Å². The zero-order valence-electron chi connectivity index (χ0n) is 30.2. The molecule has 0 aromatic heterocycles. The van der Waals surface area contributed by atoms with Crippen LogP contribution in [-0.2, 0) is 5.41 Å². The Bertz CT molecular complexity index is 2310. The van der Waals surface area contributed by atoms with Crippen molar-refractivity contribution in [2.24, 2.45) is 11.8 Å². The van der Waals surface area contributed by atoms with Gasteiger partial charge in [0.2, 0.25) is 0 Å². The quantitative estimate of drug-likeness (QED) is 0.166. The molecule has 0 radical (unpaired) electrons. The number of rotatable bonds is 7. The molecule has 2 bridgehead atoms. The minimum atomic E-state index is -0.0333. The van der Waals surface area contributed by atoms with Gasteiger partial charge in [-0.3, -0.25) is 0 Å². The molecule has 5 aromatic rings. The zero-order valence-corrected chi connectivity index (χ0v) is 30.2.